The Kier molecular flexibility index (Phi) is 6.37. The lowest BCUT2D eigenvalue weighted by Gasteiger charge is -2.35. The van der Waals surface area contributed by atoms with Crippen molar-refractivity contribution in [3.63, 3.8) is 0 Å². The summed E-state index contributed by atoms with van der Waals surface area (Å²) in [5, 5.41) is 21.8. The smallest absolute Gasteiger partial charge is 0.407 e. The van der Waals surface area contributed by atoms with Gasteiger partial charge < -0.3 is 25.2 Å². The van der Waals surface area contributed by atoms with Gasteiger partial charge in [0, 0.05) is 44.3 Å². The van der Waals surface area contributed by atoms with Crippen molar-refractivity contribution < 1.29 is 29.3 Å². The van der Waals surface area contributed by atoms with Crippen molar-refractivity contribution in [1.82, 2.24) is 10.2 Å². The molecule has 1 aliphatic heterocycles. The Bertz CT molecular complexity index is 1010. The normalized spacial score (nSPS) is 17.6. The quantitative estimate of drug-likeness (QED) is 0.621. The molecule has 1 fully saturated rings. The molecule has 0 bridgehead atoms. The largest absolute Gasteiger partial charge is 0.479 e. The molecule has 8 nitrogen and oxygen atoms in total. The highest BCUT2D eigenvalue weighted by molar-refractivity contribution is 5.81. The fourth-order valence-electron chi connectivity index (χ4n) is 4.62. The Labute approximate surface area is 192 Å². The molecule has 0 unspecified atom stereocenters. The molecule has 2 aliphatic rings. The van der Waals surface area contributed by atoms with Crippen LogP contribution in [0.1, 0.15) is 43.2 Å². The summed E-state index contributed by atoms with van der Waals surface area (Å²) in [6.07, 6.45) is -0.545. The second kappa shape index (κ2) is 9.23. The van der Waals surface area contributed by atoms with Crippen LogP contribution in [0.2, 0.25) is 0 Å². The number of likely N-dealkylation sites (tertiary alicyclic amines) is 1. The molecular weight excluding hydrogens is 424 g/mol. The Balaban J connectivity index is 1.28. The molecule has 0 spiro atoms. The van der Waals surface area contributed by atoms with Crippen molar-refractivity contribution in [2.45, 2.75) is 43.7 Å². The standard InChI is InChI=1S/C25H28N2O6/c1-16(14-22(28)27-12-10-25(32,11-13-27)23(29)30)26-24(31)33-15-21-19-8-4-2-6-17(19)18-7-3-5-9-20(18)21/h2-9,16,21,32H,10-15H2,1H3,(H,26,31)(H,29,30)/t16-/m0/s1. The van der Waals surface area contributed by atoms with Crippen LogP contribution in [0.4, 0.5) is 4.79 Å². The minimum atomic E-state index is -1.78. The first kappa shape index (κ1) is 22.8. The fraction of sp³-hybridized carbons (Fsp3) is 0.400. The van der Waals surface area contributed by atoms with E-state index in [1.807, 2.05) is 36.4 Å². The molecule has 4 rings (SSSR count). The molecule has 8 heteroatoms. The lowest BCUT2D eigenvalue weighted by molar-refractivity contribution is -0.165. The van der Waals surface area contributed by atoms with Gasteiger partial charge in [-0.25, -0.2) is 9.59 Å². The number of piperidine rings is 1. The monoisotopic (exact) mass is 452 g/mol. The number of nitrogens with zero attached hydrogens (tertiary/aromatic N) is 1. The van der Waals surface area contributed by atoms with E-state index in [1.54, 1.807) is 6.92 Å². The maximum Gasteiger partial charge on any atom is 0.407 e. The third-order valence-corrected chi connectivity index (χ3v) is 6.53. The summed E-state index contributed by atoms with van der Waals surface area (Å²) in [7, 11) is 0. The molecule has 2 aromatic rings. The number of carboxylic acids is 1. The molecule has 1 aliphatic carbocycles. The number of alkyl carbamates (subject to hydrolysis) is 1. The maximum absolute atomic E-state index is 12.5. The summed E-state index contributed by atoms with van der Waals surface area (Å²) in [4.78, 5) is 37.6. The molecule has 1 atom stereocenters. The van der Waals surface area contributed by atoms with Gasteiger partial charge in [-0.1, -0.05) is 48.5 Å². The second-order valence-electron chi connectivity index (χ2n) is 8.79. The van der Waals surface area contributed by atoms with E-state index in [-0.39, 0.29) is 50.8 Å². The Hall–Kier alpha value is -3.39. The zero-order chi connectivity index (χ0) is 23.6. The van der Waals surface area contributed by atoms with Crippen LogP contribution < -0.4 is 5.32 Å². The number of carbonyl (C=O) groups excluding carboxylic acids is 2. The van der Waals surface area contributed by atoms with E-state index in [1.165, 1.54) is 4.90 Å². The van der Waals surface area contributed by atoms with Gasteiger partial charge in [0.15, 0.2) is 5.60 Å². The lowest BCUT2D eigenvalue weighted by atomic mass is 9.91. The van der Waals surface area contributed by atoms with E-state index in [4.69, 9.17) is 9.84 Å². The predicted molar refractivity (Wildman–Crippen MR) is 121 cm³/mol. The number of rotatable bonds is 6. The van der Waals surface area contributed by atoms with E-state index in [9.17, 15) is 19.5 Å². The van der Waals surface area contributed by atoms with Gasteiger partial charge in [-0.3, -0.25) is 4.79 Å². The number of fused-ring (bicyclic) bond motifs is 3. The zero-order valence-electron chi connectivity index (χ0n) is 18.5. The summed E-state index contributed by atoms with van der Waals surface area (Å²) in [6.45, 7) is 2.25. The van der Waals surface area contributed by atoms with Crippen molar-refractivity contribution in [2.24, 2.45) is 0 Å². The Morgan fingerprint density at radius 2 is 1.61 bits per heavy atom. The van der Waals surface area contributed by atoms with E-state index in [2.05, 4.69) is 17.4 Å². The Morgan fingerprint density at radius 3 is 2.15 bits per heavy atom. The number of nitrogens with one attached hydrogen (secondary N) is 1. The molecule has 0 saturated carbocycles. The highest BCUT2D eigenvalue weighted by atomic mass is 16.5. The van der Waals surface area contributed by atoms with E-state index < -0.39 is 23.7 Å². The number of ether oxygens (including phenoxy) is 1. The second-order valence-corrected chi connectivity index (χ2v) is 8.79. The van der Waals surface area contributed by atoms with Crippen LogP contribution in [0.3, 0.4) is 0 Å². The highest BCUT2D eigenvalue weighted by Gasteiger charge is 2.40. The van der Waals surface area contributed by atoms with Crippen LogP contribution in [-0.2, 0) is 14.3 Å². The van der Waals surface area contributed by atoms with Gasteiger partial charge in [0.1, 0.15) is 6.61 Å². The number of benzene rings is 2. The van der Waals surface area contributed by atoms with Crippen LogP contribution in [-0.4, -0.2) is 64.4 Å². The summed E-state index contributed by atoms with van der Waals surface area (Å²) >= 11 is 0. The summed E-state index contributed by atoms with van der Waals surface area (Å²) in [5.74, 6) is -1.50. The van der Waals surface area contributed by atoms with Gasteiger partial charge >= 0.3 is 12.1 Å². The zero-order valence-corrected chi connectivity index (χ0v) is 18.5. The number of amides is 2. The third-order valence-electron chi connectivity index (χ3n) is 6.53. The van der Waals surface area contributed by atoms with E-state index in [0.29, 0.717) is 0 Å². The summed E-state index contributed by atoms with van der Waals surface area (Å²) in [6, 6.07) is 15.7. The van der Waals surface area contributed by atoms with Crippen molar-refractivity contribution in [2.75, 3.05) is 19.7 Å². The highest BCUT2D eigenvalue weighted by Crippen LogP contribution is 2.44. The SMILES string of the molecule is C[C@@H](CC(=O)N1CCC(O)(C(=O)O)CC1)NC(=O)OCC1c2ccccc2-c2ccccc21. The van der Waals surface area contributed by atoms with Crippen molar-refractivity contribution in [1.29, 1.82) is 0 Å². The number of carbonyl (C=O) groups is 3. The molecular formula is C25H28N2O6. The number of hydrogen-bond donors (Lipinski definition) is 3. The average Bonchev–Trinajstić information content (AvgIpc) is 3.11. The molecule has 3 N–H and O–H groups in total. The van der Waals surface area contributed by atoms with Crippen molar-refractivity contribution >= 4 is 18.0 Å². The van der Waals surface area contributed by atoms with Gasteiger partial charge in [-0.15, -0.1) is 0 Å². The molecule has 1 saturated heterocycles. The molecule has 2 amide bonds. The molecule has 1 heterocycles. The molecule has 0 aromatic heterocycles. The first-order valence-electron chi connectivity index (χ1n) is 11.1. The van der Waals surface area contributed by atoms with Gasteiger partial charge in [0.25, 0.3) is 0 Å². The van der Waals surface area contributed by atoms with E-state index in [0.717, 1.165) is 22.3 Å². The van der Waals surface area contributed by atoms with Gasteiger partial charge in [-0.05, 0) is 29.2 Å². The van der Waals surface area contributed by atoms with Crippen LogP contribution in [0.25, 0.3) is 11.1 Å². The molecule has 174 valence electrons. The van der Waals surface area contributed by atoms with Crippen molar-refractivity contribution in [3.05, 3.63) is 59.7 Å². The fourth-order valence-corrected chi connectivity index (χ4v) is 4.62. The van der Waals surface area contributed by atoms with Crippen LogP contribution >= 0.6 is 0 Å². The Morgan fingerprint density at radius 1 is 1.06 bits per heavy atom. The topological polar surface area (TPSA) is 116 Å². The first-order valence-corrected chi connectivity index (χ1v) is 11.1. The van der Waals surface area contributed by atoms with Gasteiger partial charge in [0.2, 0.25) is 5.91 Å². The van der Waals surface area contributed by atoms with Crippen LogP contribution in [0.15, 0.2) is 48.5 Å². The molecule has 0 radical (unpaired) electrons. The number of hydrogen-bond acceptors (Lipinski definition) is 5. The maximum atomic E-state index is 12.5. The first-order chi connectivity index (χ1) is 15.8. The number of aliphatic carboxylic acids is 1. The number of aliphatic hydroxyl groups is 1. The molecule has 2 aromatic carbocycles. The van der Waals surface area contributed by atoms with E-state index >= 15 is 0 Å². The average molecular weight is 453 g/mol. The number of carboxylic acid groups (broad SMARTS) is 1. The van der Waals surface area contributed by atoms with Crippen LogP contribution in [0.5, 0.6) is 0 Å². The summed E-state index contributed by atoms with van der Waals surface area (Å²) in [5.41, 5.74) is 2.78. The minimum absolute atomic E-state index is 0.0116. The lowest BCUT2D eigenvalue weighted by Crippen LogP contribution is -2.51. The summed E-state index contributed by atoms with van der Waals surface area (Å²) < 4.78 is 5.52. The van der Waals surface area contributed by atoms with Crippen molar-refractivity contribution in [3.8, 4) is 11.1 Å². The third kappa shape index (κ3) is 4.71. The predicted octanol–water partition coefficient (Wildman–Crippen LogP) is 2.74. The minimum Gasteiger partial charge on any atom is -0.479 e. The van der Waals surface area contributed by atoms with Crippen LogP contribution in [0, 0.1) is 0 Å². The van der Waals surface area contributed by atoms with Gasteiger partial charge in [0.05, 0.1) is 0 Å². The molecule has 33 heavy (non-hydrogen) atoms. The van der Waals surface area contributed by atoms with Gasteiger partial charge in [-0.2, -0.15) is 0 Å².